The van der Waals surface area contributed by atoms with Crippen LogP contribution in [0.3, 0.4) is 0 Å². The number of rotatable bonds is 4. The van der Waals surface area contributed by atoms with Crippen LogP contribution in [0.2, 0.25) is 0 Å². The first-order valence-corrected chi connectivity index (χ1v) is 7.12. The van der Waals surface area contributed by atoms with Gasteiger partial charge in [0.1, 0.15) is 0 Å². The molecule has 0 saturated carbocycles. The number of hydrogen-bond acceptors (Lipinski definition) is 6. The van der Waals surface area contributed by atoms with Crippen molar-refractivity contribution in [3.05, 3.63) is 29.8 Å². The van der Waals surface area contributed by atoms with Crippen molar-refractivity contribution >= 4 is 23.7 Å². The summed E-state index contributed by atoms with van der Waals surface area (Å²) < 4.78 is 5.45. The Labute approximate surface area is 125 Å². The van der Waals surface area contributed by atoms with Crippen LogP contribution in [0, 0.1) is 6.92 Å². The molecular formula is C13H14N4O3S. The van der Waals surface area contributed by atoms with Crippen molar-refractivity contribution in [3.63, 3.8) is 0 Å². The zero-order chi connectivity index (χ0) is 15.2. The molecule has 7 nitrogen and oxygen atoms in total. The van der Waals surface area contributed by atoms with Crippen LogP contribution in [0.15, 0.2) is 33.9 Å². The first-order chi connectivity index (χ1) is 10.1. The first-order valence-electron chi connectivity index (χ1n) is 6.13. The van der Waals surface area contributed by atoms with Crippen LogP contribution in [0.25, 0.3) is 11.5 Å². The minimum atomic E-state index is -0.550. The lowest BCUT2D eigenvalue weighted by atomic mass is 10.1. The van der Waals surface area contributed by atoms with Crippen LogP contribution in [0.5, 0.6) is 0 Å². The SMILES string of the molecule is CNC(=O)NC(=O)CSc1nnc(-c2ccc(C)cc2)o1. The summed E-state index contributed by atoms with van der Waals surface area (Å²) in [5.41, 5.74) is 1.95. The number of carbonyl (C=O) groups is 2. The lowest BCUT2D eigenvalue weighted by Gasteiger charge is -2.00. The van der Waals surface area contributed by atoms with Crippen LogP contribution >= 0.6 is 11.8 Å². The second-order valence-electron chi connectivity index (χ2n) is 4.16. The summed E-state index contributed by atoms with van der Waals surface area (Å²) >= 11 is 1.07. The highest BCUT2D eigenvalue weighted by Gasteiger charge is 2.12. The summed E-state index contributed by atoms with van der Waals surface area (Å²) in [6.07, 6.45) is 0. The molecule has 2 N–H and O–H groups in total. The standard InChI is InChI=1S/C13H14N4O3S/c1-8-3-5-9(6-4-8)11-16-17-13(20-11)21-7-10(18)15-12(19)14-2/h3-6H,7H2,1-2H3,(H2,14,15,18,19). The number of carbonyl (C=O) groups excluding carboxylic acids is 2. The van der Waals surface area contributed by atoms with Gasteiger partial charge >= 0.3 is 6.03 Å². The first kappa shape index (κ1) is 15.0. The molecular weight excluding hydrogens is 292 g/mol. The number of nitrogens with zero attached hydrogens (tertiary/aromatic N) is 2. The summed E-state index contributed by atoms with van der Waals surface area (Å²) in [7, 11) is 1.43. The van der Waals surface area contributed by atoms with E-state index in [1.54, 1.807) is 0 Å². The minimum absolute atomic E-state index is 0.0168. The maximum absolute atomic E-state index is 11.4. The van der Waals surface area contributed by atoms with Crippen LogP contribution in [0.1, 0.15) is 5.56 Å². The molecule has 1 aromatic carbocycles. The Bertz CT molecular complexity index is 639. The maximum Gasteiger partial charge on any atom is 0.321 e. The molecule has 0 atom stereocenters. The van der Waals surface area contributed by atoms with Gasteiger partial charge < -0.3 is 9.73 Å². The van der Waals surface area contributed by atoms with Crippen LogP contribution < -0.4 is 10.6 Å². The molecule has 1 heterocycles. The fourth-order valence-electron chi connectivity index (χ4n) is 1.43. The van der Waals surface area contributed by atoms with Crippen molar-refractivity contribution < 1.29 is 14.0 Å². The molecule has 3 amide bonds. The van der Waals surface area contributed by atoms with E-state index in [9.17, 15) is 9.59 Å². The third kappa shape index (κ3) is 4.32. The number of aromatic nitrogens is 2. The van der Waals surface area contributed by atoms with Gasteiger partial charge in [-0.15, -0.1) is 10.2 Å². The Morgan fingerprint density at radius 3 is 2.62 bits per heavy atom. The fourth-order valence-corrected chi connectivity index (χ4v) is 2.00. The predicted molar refractivity (Wildman–Crippen MR) is 77.8 cm³/mol. The highest BCUT2D eigenvalue weighted by Crippen LogP contribution is 2.23. The van der Waals surface area contributed by atoms with E-state index in [0.29, 0.717) is 5.89 Å². The summed E-state index contributed by atoms with van der Waals surface area (Å²) in [5, 5.41) is 12.5. The molecule has 0 bridgehead atoms. The molecule has 2 rings (SSSR count). The van der Waals surface area contributed by atoms with Gasteiger partial charge in [0.25, 0.3) is 5.22 Å². The van der Waals surface area contributed by atoms with Crippen LogP contribution in [-0.4, -0.2) is 34.9 Å². The van der Waals surface area contributed by atoms with Crippen molar-refractivity contribution in [1.82, 2.24) is 20.8 Å². The van der Waals surface area contributed by atoms with E-state index in [0.717, 1.165) is 22.9 Å². The van der Waals surface area contributed by atoms with Gasteiger partial charge in [0.2, 0.25) is 11.8 Å². The Kier molecular flexibility index (Phi) is 4.94. The zero-order valence-corrected chi connectivity index (χ0v) is 12.4. The van der Waals surface area contributed by atoms with Gasteiger partial charge in [-0.25, -0.2) is 4.79 Å². The molecule has 1 aromatic heterocycles. The molecule has 8 heteroatoms. The highest BCUT2D eigenvalue weighted by molar-refractivity contribution is 7.99. The topological polar surface area (TPSA) is 97.1 Å². The number of aryl methyl sites for hydroxylation is 1. The Morgan fingerprint density at radius 1 is 1.24 bits per heavy atom. The lowest BCUT2D eigenvalue weighted by molar-refractivity contribution is -0.117. The molecule has 0 saturated heterocycles. The van der Waals surface area contributed by atoms with Crippen molar-refractivity contribution in [3.8, 4) is 11.5 Å². The van der Waals surface area contributed by atoms with Gasteiger partial charge in [0.05, 0.1) is 5.75 Å². The largest absolute Gasteiger partial charge is 0.411 e. The van der Waals surface area contributed by atoms with Crippen molar-refractivity contribution in [2.75, 3.05) is 12.8 Å². The smallest absolute Gasteiger partial charge is 0.321 e. The third-order valence-electron chi connectivity index (χ3n) is 2.51. The fraction of sp³-hybridized carbons (Fsp3) is 0.231. The average molecular weight is 306 g/mol. The molecule has 0 unspecified atom stereocenters. The molecule has 0 aliphatic rings. The van der Waals surface area contributed by atoms with Crippen LogP contribution in [0.4, 0.5) is 4.79 Å². The molecule has 0 spiro atoms. The molecule has 21 heavy (non-hydrogen) atoms. The summed E-state index contributed by atoms with van der Waals surface area (Å²) in [5.74, 6) is -0.0261. The second-order valence-corrected chi connectivity index (χ2v) is 5.08. The quantitative estimate of drug-likeness (QED) is 0.833. The zero-order valence-electron chi connectivity index (χ0n) is 11.5. The predicted octanol–water partition coefficient (Wildman–Crippen LogP) is 1.59. The van der Waals surface area contributed by atoms with E-state index in [2.05, 4.69) is 20.8 Å². The molecule has 0 aliphatic heterocycles. The number of thioether (sulfide) groups is 1. The van der Waals surface area contributed by atoms with Gasteiger partial charge in [0.15, 0.2) is 0 Å². The Morgan fingerprint density at radius 2 is 1.95 bits per heavy atom. The number of amides is 3. The third-order valence-corrected chi connectivity index (χ3v) is 3.33. The molecule has 0 fully saturated rings. The van der Waals surface area contributed by atoms with Crippen LogP contribution in [-0.2, 0) is 4.79 Å². The lowest BCUT2D eigenvalue weighted by Crippen LogP contribution is -2.38. The van der Waals surface area contributed by atoms with E-state index < -0.39 is 11.9 Å². The van der Waals surface area contributed by atoms with Crippen molar-refractivity contribution in [2.45, 2.75) is 12.1 Å². The van der Waals surface area contributed by atoms with Crippen molar-refractivity contribution in [1.29, 1.82) is 0 Å². The van der Waals surface area contributed by atoms with Gasteiger partial charge in [-0.3, -0.25) is 10.1 Å². The average Bonchev–Trinajstić information content (AvgIpc) is 2.94. The van der Waals surface area contributed by atoms with E-state index in [4.69, 9.17) is 4.42 Å². The summed E-state index contributed by atoms with van der Waals surface area (Å²) in [4.78, 5) is 22.4. The number of nitrogens with one attached hydrogen (secondary N) is 2. The molecule has 2 aromatic rings. The Balaban J connectivity index is 1.93. The second kappa shape index (κ2) is 6.89. The molecule has 0 radical (unpaired) electrons. The summed E-state index contributed by atoms with van der Waals surface area (Å²) in [6, 6.07) is 7.11. The highest BCUT2D eigenvalue weighted by atomic mass is 32.2. The number of urea groups is 1. The van der Waals surface area contributed by atoms with Gasteiger partial charge in [-0.1, -0.05) is 29.5 Å². The minimum Gasteiger partial charge on any atom is -0.411 e. The Hall–Kier alpha value is -2.35. The monoisotopic (exact) mass is 306 g/mol. The molecule has 110 valence electrons. The number of hydrogen-bond donors (Lipinski definition) is 2. The molecule has 0 aliphatic carbocycles. The van der Waals surface area contributed by atoms with Gasteiger partial charge in [0, 0.05) is 12.6 Å². The maximum atomic E-state index is 11.4. The van der Waals surface area contributed by atoms with Gasteiger partial charge in [-0.2, -0.15) is 0 Å². The normalized spacial score (nSPS) is 10.2. The summed E-state index contributed by atoms with van der Waals surface area (Å²) in [6.45, 7) is 1.99. The van der Waals surface area contributed by atoms with Crippen molar-refractivity contribution in [2.24, 2.45) is 0 Å². The van der Waals surface area contributed by atoms with E-state index in [1.807, 2.05) is 31.2 Å². The van der Waals surface area contributed by atoms with E-state index in [-0.39, 0.29) is 11.0 Å². The number of imide groups is 1. The van der Waals surface area contributed by atoms with Gasteiger partial charge in [-0.05, 0) is 19.1 Å². The van der Waals surface area contributed by atoms with E-state index in [1.165, 1.54) is 7.05 Å². The van der Waals surface area contributed by atoms with E-state index >= 15 is 0 Å². The number of benzene rings is 1.